The SMILES string of the molecule is Cc1cn2cc(N=C(N)c3c(N)cc(N4CC(C)NC(C)C4)cc3Cl)cc(F)c2n1. The molecule has 1 aromatic carbocycles. The van der Waals surface area contributed by atoms with E-state index in [2.05, 4.69) is 34.0 Å². The molecule has 5 N–H and O–H groups in total. The lowest BCUT2D eigenvalue weighted by molar-refractivity contribution is 0.407. The third-order valence-electron chi connectivity index (χ3n) is 5.15. The summed E-state index contributed by atoms with van der Waals surface area (Å²) >= 11 is 6.55. The van der Waals surface area contributed by atoms with Gasteiger partial charge in [0, 0.05) is 55.0 Å². The average Bonchev–Trinajstić information content (AvgIpc) is 3.01. The Hall–Kier alpha value is -2.84. The average molecular weight is 430 g/mol. The van der Waals surface area contributed by atoms with E-state index in [0.29, 0.717) is 39.7 Å². The van der Waals surface area contributed by atoms with Gasteiger partial charge in [0.25, 0.3) is 0 Å². The molecule has 0 radical (unpaired) electrons. The van der Waals surface area contributed by atoms with Gasteiger partial charge in [0.15, 0.2) is 11.5 Å². The van der Waals surface area contributed by atoms with Crippen LogP contribution < -0.4 is 21.7 Å². The number of hydrogen-bond acceptors (Lipinski definition) is 5. The molecule has 158 valence electrons. The molecular formula is C21H25ClFN7. The highest BCUT2D eigenvalue weighted by atomic mass is 35.5. The molecule has 0 spiro atoms. The molecule has 1 fully saturated rings. The van der Waals surface area contributed by atoms with Crippen LogP contribution >= 0.6 is 11.6 Å². The molecule has 2 atom stereocenters. The lowest BCUT2D eigenvalue weighted by Crippen LogP contribution is -2.54. The van der Waals surface area contributed by atoms with Crippen molar-refractivity contribution in [3.63, 3.8) is 0 Å². The molecule has 30 heavy (non-hydrogen) atoms. The first-order valence-corrected chi connectivity index (χ1v) is 10.2. The molecule has 0 aliphatic carbocycles. The van der Waals surface area contributed by atoms with Crippen LogP contribution in [0.4, 0.5) is 21.5 Å². The van der Waals surface area contributed by atoms with E-state index in [1.54, 1.807) is 23.7 Å². The van der Waals surface area contributed by atoms with Crippen LogP contribution in [0.5, 0.6) is 0 Å². The minimum Gasteiger partial charge on any atom is -0.398 e. The summed E-state index contributed by atoms with van der Waals surface area (Å²) in [7, 11) is 0. The number of hydrogen-bond donors (Lipinski definition) is 3. The maximum Gasteiger partial charge on any atom is 0.173 e. The second kappa shape index (κ2) is 7.77. The number of nitrogen functional groups attached to an aromatic ring is 1. The number of aromatic nitrogens is 2. The second-order valence-corrected chi connectivity index (χ2v) is 8.33. The number of nitrogens with two attached hydrogens (primary N) is 2. The number of nitrogens with zero attached hydrogens (tertiary/aromatic N) is 4. The molecule has 0 bridgehead atoms. The van der Waals surface area contributed by atoms with Gasteiger partial charge in [-0.1, -0.05) is 11.6 Å². The first kappa shape index (κ1) is 20.4. The van der Waals surface area contributed by atoms with Crippen molar-refractivity contribution in [1.29, 1.82) is 0 Å². The Morgan fingerprint density at radius 2 is 1.93 bits per heavy atom. The van der Waals surface area contributed by atoms with Crippen LogP contribution in [-0.4, -0.2) is 40.4 Å². The van der Waals surface area contributed by atoms with E-state index in [4.69, 9.17) is 23.1 Å². The van der Waals surface area contributed by atoms with Gasteiger partial charge in [-0.3, -0.25) is 0 Å². The van der Waals surface area contributed by atoms with Gasteiger partial charge in [-0.15, -0.1) is 0 Å². The minimum atomic E-state index is -0.478. The Morgan fingerprint density at radius 1 is 1.23 bits per heavy atom. The van der Waals surface area contributed by atoms with E-state index < -0.39 is 5.82 Å². The quantitative estimate of drug-likeness (QED) is 0.337. The van der Waals surface area contributed by atoms with Gasteiger partial charge in [-0.25, -0.2) is 14.4 Å². The van der Waals surface area contributed by atoms with Gasteiger partial charge in [0.1, 0.15) is 5.84 Å². The number of nitrogens with one attached hydrogen (secondary N) is 1. The van der Waals surface area contributed by atoms with E-state index in [1.807, 2.05) is 12.1 Å². The lowest BCUT2D eigenvalue weighted by Gasteiger charge is -2.38. The molecule has 1 aliphatic rings. The zero-order chi connectivity index (χ0) is 21.6. The zero-order valence-electron chi connectivity index (χ0n) is 17.2. The summed E-state index contributed by atoms with van der Waals surface area (Å²) in [5.74, 6) is -0.352. The predicted octanol–water partition coefficient (Wildman–Crippen LogP) is 3.24. The molecule has 1 aliphatic heterocycles. The molecule has 1 saturated heterocycles. The summed E-state index contributed by atoms with van der Waals surface area (Å²) in [5, 5.41) is 3.91. The zero-order valence-corrected chi connectivity index (χ0v) is 17.9. The molecule has 3 aromatic rings. The summed E-state index contributed by atoms with van der Waals surface area (Å²) in [6.07, 6.45) is 3.38. The van der Waals surface area contributed by atoms with E-state index >= 15 is 0 Å². The first-order valence-electron chi connectivity index (χ1n) is 9.80. The van der Waals surface area contributed by atoms with Crippen LogP contribution in [0.1, 0.15) is 25.1 Å². The molecule has 0 saturated carbocycles. The third kappa shape index (κ3) is 3.93. The van der Waals surface area contributed by atoms with Crippen LogP contribution in [0, 0.1) is 12.7 Å². The van der Waals surface area contributed by atoms with Crippen molar-refractivity contribution in [3.8, 4) is 0 Å². The Labute approximate surface area is 179 Å². The third-order valence-corrected chi connectivity index (χ3v) is 5.44. The van der Waals surface area contributed by atoms with Gasteiger partial charge in [0.2, 0.25) is 0 Å². The van der Waals surface area contributed by atoms with Crippen LogP contribution in [0.3, 0.4) is 0 Å². The molecule has 3 heterocycles. The van der Waals surface area contributed by atoms with Crippen molar-refractivity contribution in [2.24, 2.45) is 10.7 Å². The monoisotopic (exact) mass is 429 g/mol. The van der Waals surface area contributed by atoms with Crippen molar-refractivity contribution in [2.75, 3.05) is 23.7 Å². The fourth-order valence-corrected chi connectivity index (χ4v) is 4.34. The molecule has 2 aromatic heterocycles. The standard InChI is InChI=1S/C21H25ClFN7/c1-11-7-29(8-12(2)26-11)15-5-16(22)19(18(24)6-15)20(25)28-14-4-17(23)21-27-13(3)9-30(21)10-14/h4-6,9-12,26H,7-8,24H2,1-3H3,(H2,25,28). The summed E-state index contributed by atoms with van der Waals surface area (Å²) in [6.45, 7) is 7.79. The number of rotatable bonds is 3. The summed E-state index contributed by atoms with van der Waals surface area (Å²) in [5.41, 5.74) is 15.6. The summed E-state index contributed by atoms with van der Waals surface area (Å²) in [6, 6.07) is 5.71. The van der Waals surface area contributed by atoms with Crippen molar-refractivity contribution in [2.45, 2.75) is 32.9 Å². The predicted molar refractivity (Wildman–Crippen MR) is 120 cm³/mol. The van der Waals surface area contributed by atoms with Crippen molar-refractivity contribution in [1.82, 2.24) is 14.7 Å². The first-order chi connectivity index (χ1) is 14.2. The Kier molecular flexibility index (Phi) is 5.29. The summed E-state index contributed by atoms with van der Waals surface area (Å²) in [4.78, 5) is 10.7. The van der Waals surface area contributed by atoms with Crippen LogP contribution in [-0.2, 0) is 0 Å². The number of amidine groups is 1. The van der Waals surface area contributed by atoms with Crippen molar-refractivity contribution in [3.05, 3.63) is 52.7 Å². The van der Waals surface area contributed by atoms with E-state index in [-0.39, 0.29) is 11.5 Å². The van der Waals surface area contributed by atoms with Crippen molar-refractivity contribution >= 4 is 40.1 Å². The minimum absolute atomic E-state index is 0.127. The fourth-order valence-electron chi connectivity index (χ4n) is 4.02. The summed E-state index contributed by atoms with van der Waals surface area (Å²) < 4.78 is 15.9. The van der Waals surface area contributed by atoms with Gasteiger partial charge in [-0.2, -0.15) is 0 Å². The maximum atomic E-state index is 14.3. The molecule has 9 heteroatoms. The number of halogens is 2. The number of anilines is 2. The van der Waals surface area contributed by atoms with Gasteiger partial charge in [-0.05, 0) is 32.9 Å². The maximum absolute atomic E-state index is 14.3. The number of piperazine rings is 1. The highest BCUT2D eigenvalue weighted by Crippen LogP contribution is 2.31. The van der Waals surface area contributed by atoms with Gasteiger partial charge in [0.05, 0.1) is 22.0 Å². The van der Waals surface area contributed by atoms with Gasteiger partial charge < -0.3 is 26.1 Å². The second-order valence-electron chi connectivity index (χ2n) is 7.92. The number of aryl methyl sites for hydroxylation is 1. The Balaban J connectivity index is 1.68. The Bertz CT molecular complexity index is 1110. The molecule has 0 amide bonds. The largest absolute Gasteiger partial charge is 0.398 e. The number of fused-ring (bicyclic) bond motifs is 1. The van der Waals surface area contributed by atoms with Crippen molar-refractivity contribution < 1.29 is 4.39 Å². The number of aliphatic imine (C=N–C) groups is 1. The smallest absolute Gasteiger partial charge is 0.173 e. The van der Waals surface area contributed by atoms with E-state index in [1.165, 1.54) is 6.07 Å². The van der Waals surface area contributed by atoms with E-state index in [9.17, 15) is 4.39 Å². The van der Waals surface area contributed by atoms with Crippen LogP contribution in [0.25, 0.3) is 5.65 Å². The number of pyridine rings is 1. The number of benzene rings is 1. The molecule has 7 nitrogen and oxygen atoms in total. The number of imidazole rings is 1. The van der Waals surface area contributed by atoms with E-state index in [0.717, 1.165) is 18.8 Å². The fraction of sp³-hybridized carbons (Fsp3) is 0.333. The molecule has 2 unspecified atom stereocenters. The highest BCUT2D eigenvalue weighted by Gasteiger charge is 2.23. The molecular weight excluding hydrogens is 405 g/mol. The lowest BCUT2D eigenvalue weighted by atomic mass is 10.1. The normalized spacial score (nSPS) is 20.2. The topological polar surface area (TPSA) is 97.0 Å². The van der Waals surface area contributed by atoms with Crippen LogP contribution in [0.2, 0.25) is 5.02 Å². The highest BCUT2D eigenvalue weighted by molar-refractivity contribution is 6.35. The Morgan fingerprint density at radius 3 is 2.60 bits per heavy atom. The van der Waals surface area contributed by atoms with Gasteiger partial charge >= 0.3 is 0 Å². The van der Waals surface area contributed by atoms with Crippen LogP contribution in [0.15, 0.2) is 35.6 Å². The molecule has 4 rings (SSSR count).